The molecule has 0 aromatic heterocycles. The predicted molar refractivity (Wildman–Crippen MR) is 63.7 cm³/mol. The monoisotopic (exact) mass is 246 g/mol. The van der Waals surface area contributed by atoms with Crippen LogP contribution < -0.4 is 4.74 Å². The van der Waals surface area contributed by atoms with E-state index in [1.807, 2.05) is 13.8 Å². The van der Waals surface area contributed by atoms with Crippen LogP contribution in [0, 0.1) is 5.82 Å². The van der Waals surface area contributed by atoms with Crippen molar-refractivity contribution in [1.82, 2.24) is 0 Å². The maximum Gasteiger partial charge on any atom is 0.170 e. The quantitative estimate of drug-likeness (QED) is 0.814. The Morgan fingerprint density at radius 1 is 1.44 bits per heavy atom. The van der Waals surface area contributed by atoms with Crippen molar-refractivity contribution in [1.29, 1.82) is 0 Å². The van der Waals surface area contributed by atoms with Crippen molar-refractivity contribution in [2.45, 2.75) is 27.2 Å². The van der Waals surface area contributed by atoms with Crippen LogP contribution >= 0.6 is 11.6 Å². The maximum absolute atomic E-state index is 13.5. The highest BCUT2D eigenvalue weighted by Gasteiger charge is 2.14. The molecule has 0 heterocycles. The molecule has 0 aliphatic carbocycles. The first-order chi connectivity index (χ1) is 7.56. The lowest BCUT2D eigenvalue weighted by Gasteiger charge is -2.07. The number of ketones is 1. The number of benzene rings is 1. The predicted octanol–water partition coefficient (Wildman–Crippen LogP) is 3.65. The first-order valence-corrected chi connectivity index (χ1v) is 5.44. The van der Waals surface area contributed by atoms with Gasteiger partial charge >= 0.3 is 0 Å². The zero-order chi connectivity index (χ0) is 12.7. The second kappa shape index (κ2) is 7.23. The summed E-state index contributed by atoms with van der Waals surface area (Å²) in [6, 6.07) is 2.95. The third kappa shape index (κ3) is 3.81. The van der Waals surface area contributed by atoms with Crippen LogP contribution in [-0.2, 0) is 11.2 Å². The van der Waals surface area contributed by atoms with Gasteiger partial charge in [-0.15, -0.1) is 0 Å². The van der Waals surface area contributed by atoms with Crippen LogP contribution in [0.5, 0.6) is 5.75 Å². The van der Waals surface area contributed by atoms with E-state index in [0.717, 1.165) is 0 Å². The molecule has 0 atom stereocenters. The Labute approximate surface area is 100 Å². The molecule has 0 aliphatic heterocycles. The summed E-state index contributed by atoms with van der Waals surface area (Å²) >= 11 is 5.75. The molecule has 4 heteroatoms. The van der Waals surface area contributed by atoms with E-state index in [2.05, 4.69) is 0 Å². The second-order valence-electron chi connectivity index (χ2n) is 2.92. The average molecular weight is 247 g/mol. The Morgan fingerprint density at radius 2 is 2.00 bits per heavy atom. The molecule has 0 bridgehead atoms. The van der Waals surface area contributed by atoms with Crippen LogP contribution in [-0.4, -0.2) is 12.9 Å². The standard InChI is InChI=1S/C10H10ClFO2.C2H6/c1-6(13)5-7-8(11)3-4-9(14-2)10(7)12;1-2/h3-4H,5H2,1-2H3;1-2H3. The number of hydrogen-bond donors (Lipinski definition) is 0. The highest BCUT2D eigenvalue weighted by Crippen LogP contribution is 2.27. The Balaban J connectivity index is 0.00000106. The molecule has 2 nitrogen and oxygen atoms in total. The first-order valence-electron chi connectivity index (χ1n) is 5.06. The van der Waals surface area contributed by atoms with Gasteiger partial charge in [-0.3, -0.25) is 4.79 Å². The summed E-state index contributed by atoms with van der Waals surface area (Å²) in [6.45, 7) is 5.38. The molecule has 1 rings (SSSR count). The van der Waals surface area contributed by atoms with Gasteiger partial charge in [-0.1, -0.05) is 25.4 Å². The molecule has 0 aliphatic rings. The summed E-state index contributed by atoms with van der Waals surface area (Å²) in [5, 5.41) is 0.249. The number of methoxy groups -OCH3 is 1. The Kier molecular flexibility index (Phi) is 6.74. The summed E-state index contributed by atoms with van der Waals surface area (Å²) in [5.41, 5.74) is 0.193. The number of ether oxygens (including phenoxy) is 1. The van der Waals surface area contributed by atoms with Crippen molar-refractivity contribution in [3.05, 3.63) is 28.5 Å². The van der Waals surface area contributed by atoms with Gasteiger partial charge in [-0.05, 0) is 19.1 Å². The average Bonchev–Trinajstić information content (AvgIpc) is 2.27. The zero-order valence-electron chi connectivity index (χ0n) is 9.93. The van der Waals surface area contributed by atoms with Gasteiger partial charge in [0.05, 0.1) is 7.11 Å². The van der Waals surface area contributed by atoms with Crippen molar-refractivity contribution in [3.63, 3.8) is 0 Å². The van der Waals surface area contributed by atoms with Gasteiger partial charge in [0.1, 0.15) is 5.78 Å². The Bertz CT molecular complexity index is 364. The molecule has 0 saturated heterocycles. The topological polar surface area (TPSA) is 26.3 Å². The summed E-state index contributed by atoms with van der Waals surface area (Å²) in [6.07, 6.45) is -0.0120. The maximum atomic E-state index is 13.5. The van der Waals surface area contributed by atoms with E-state index in [-0.39, 0.29) is 28.5 Å². The van der Waals surface area contributed by atoms with Gasteiger partial charge in [-0.25, -0.2) is 4.39 Å². The van der Waals surface area contributed by atoms with Crippen molar-refractivity contribution in [2.75, 3.05) is 7.11 Å². The van der Waals surface area contributed by atoms with Crippen molar-refractivity contribution < 1.29 is 13.9 Å². The molecule has 0 N–H and O–H groups in total. The fraction of sp³-hybridized carbons (Fsp3) is 0.417. The lowest BCUT2D eigenvalue weighted by Crippen LogP contribution is -2.02. The number of carbonyl (C=O) groups excluding carboxylic acids is 1. The van der Waals surface area contributed by atoms with E-state index in [1.54, 1.807) is 0 Å². The van der Waals surface area contributed by atoms with E-state index in [0.29, 0.717) is 0 Å². The van der Waals surface area contributed by atoms with Gasteiger partial charge in [0.15, 0.2) is 11.6 Å². The highest BCUT2D eigenvalue weighted by molar-refractivity contribution is 6.31. The third-order valence-corrected chi connectivity index (χ3v) is 2.15. The van der Waals surface area contributed by atoms with Crippen LogP contribution in [0.25, 0.3) is 0 Å². The Morgan fingerprint density at radius 3 is 2.44 bits per heavy atom. The van der Waals surface area contributed by atoms with Gasteiger partial charge in [0.2, 0.25) is 0 Å². The molecule has 0 radical (unpaired) electrons. The number of hydrogen-bond acceptors (Lipinski definition) is 2. The fourth-order valence-electron chi connectivity index (χ4n) is 1.14. The molecule has 0 spiro atoms. The molecular formula is C12H16ClFO2. The van der Waals surface area contributed by atoms with Crippen LogP contribution in [0.15, 0.2) is 12.1 Å². The van der Waals surface area contributed by atoms with Crippen LogP contribution in [0.2, 0.25) is 5.02 Å². The summed E-state index contributed by atoms with van der Waals surface area (Å²) in [5.74, 6) is -0.597. The number of halogens is 2. The number of rotatable bonds is 3. The van der Waals surface area contributed by atoms with E-state index in [9.17, 15) is 9.18 Å². The minimum atomic E-state index is -0.560. The molecule has 0 fully saturated rings. The van der Waals surface area contributed by atoms with Crippen LogP contribution in [0.1, 0.15) is 26.3 Å². The van der Waals surface area contributed by atoms with Gasteiger partial charge in [-0.2, -0.15) is 0 Å². The second-order valence-corrected chi connectivity index (χ2v) is 3.33. The van der Waals surface area contributed by atoms with E-state index in [1.165, 1.54) is 26.2 Å². The van der Waals surface area contributed by atoms with E-state index < -0.39 is 5.82 Å². The molecule has 0 unspecified atom stereocenters. The number of carbonyl (C=O) groups is 1. The zero-order valence-corrected chi connectivity index (χ0v) is 10.7. The highest BCUT2D eigenvalue weighted by atomic mass is 35.5. The van der Waals surface area contributed by atoms with E-state index in [4.69, 9.17) is 16.3 Å². The largest absolute Gasteiger partial charge is 0.494 e. The van der Waals surface area contributed by atoms with Crippen molar-refractivity contribution in [2.24, 2.45) is 0 Å². The molecule has 90 valence electrons. The van der Waals surface area contributed by atoms with Gasteiger partial charge in [0, 0.05) is 17.0 Å². The third-order valence-electron chi connectivity index (χ3n) is 1.80. The summed E-state index contributed by atoms with van der Waals surface area (Å²) < 4.78 is 18.3. The fourth-order valence-corrected chi connectivity index (χ4v) is 1.36. The minimum absolute atomic E-state index is 0.0120. The summed E-state index contributed by atoms with van der Waals surface area (Å²) in [4.78, 5) is 10.9. The van der Waals surface area contributed by atoms with Crippen LogP contribution in [0.4, 0.5) is 4.39 Å². The lowest BCUT2D eigenvalue weighted by atomic mass is 10.1. The van der Waals surface area contributed by atoms with Gasteiger partial charge < -0.3 is 4.74 Å². The molecule has 1 aromatic rings. The lowest BCUT2D eigenvalue weighted by molar-refractivity contribution is -0.116. The van der Waals surface area contributed by atoms with E-state index >= 15 is 0 Å². The smallest absolute Gasteiger partial charge is 0.170 e. The van der Waals surface area contributed by atoms with Crippen molar-refractivity contribution in [3.8, 4) is 5.75 Å². The Hall–Kier alpha value is -1.09. The SMILES string of the molecule is CC.COc1ccc(Cl)c(CC(C)=O)c1F. The summed E-state index contributed by atoms with van der Waals surface area (Å²) in [7, 11) is 1.36. The molecule has 0 amide bonds. The normalized spacial score (nSPS) is 9.12. The molecular weight excluding hydrogens is 231 g/mol. The first kappa shape index (κ1) is 14.9. The van der Waals surface area contributed by atoms with Gasteiger partial charge in [0.25, 0.3) is 0 Å². The molecule has 16 heavy (non-hydrogen) atoms. The minimum Gasteiger partial charge on any atom is -0.494 e. The molecule has 0 saturated carbocycles. The van der Waals surface area contributed by atoms with Crippen LogP contribution in [0.3, 0.4) is 0 Å². The molecule has 1 aromatic carbocycles. The number of Topliss-reactive ketones (excluding diaryl/α,β-unsaturated/α-hetero) is 1. The van der Waals surface area contributed by atoms with Crippen molar-refractivity contribution >= 4 is 17.4 Å².